The summed E-state index contributed by atoms with van der Waals surface area (Å²) in [4.78, 5) is 35.6. The van der Waals surface area contributed by atoms with Gasteiger partial charge >= 0.3 is 0 Å². The van der Waals surface area contributed by atoms with Crippen molar-refractivity contribution < 1.29 is 14.7 Å². The Balaban J connectivity index is 1.49. The summed E-state index contributed by atoms with van der Waals surface area (Å²) in [7, 11) is 0. The Kier molecular flexibility index (Phi) is 5.72. The molecular formula is C25H29N5O3. The molecule has 1 atom stereocenters. The Labute approximate surface area is 194 Å². The summed E-state index contributed by atoms with van der Waals surface area (Å²) < 4.78 is 0. The Morgan fingerprint density at radius 3 is 2.58 bits per heavy atom. The number of carbonyl (C=O) groups is 2. The van der Waals surface area contributed by atoms with Crippen LogP contribution < -0.4 is 4.90 Å². The molecule has 2 aliphatic heterocycles. The van der Waals surface area contributed by atoms with Crippen molar-refractivity contribution in [3.63, 3.8) is 0 Å². The SMILES string of the molecule is C#CC(=O)N1CCc2c(C#N)c(N3CCN(C(=O)CCO)C(C4CC4)C3)nc(C3CC3)c2C1. The third-order valence-electron chi connectivity index (χ3n) is 7.42. The second-order valence-electron chi connectivity index (χ2n) is 9.57. The van der Waals surface area contributed by atoms with Gasteiger partial charge in [0.2, 0.25) is 5.91 Å². The van der Waals surface area contributed by atoms with Crippen molar-refractivity contribution in [1.82, 2.24) is 14.8 Å². The van der Waals surface area contributed by atoms with Crippen LogP contribution in [-0.2, 0) is 22.6 Å². The minimum atomic E-state index is -0.319. The lowest BCUT2D eigenvalue weighted by molar-refractivity contribution is -0.135. The number of aliphatic hydroxyl groups excluding tert-OH is 1. The zero-order valence-electron chi connectivity index (χ0n) is 18.8. The van der Waals surface area contributed by atoms with E-state index >= 15 is 0 Å². The van der Waals surface area contributed by atoms with E-state index in [-0.39, 0.29) is 30.9 Å². The molecule has 1 aromatic heterocycles. The van der Waals surface area contributed by atoms with E-state index in [1.54, 1.807) is 4.90 Å². The number of piperazine rings is 1. The van der Waals surface area contributed by atoms with Crippen LogP contribution >= 0.6 is 0 Å². The summed E-state index contributed by atoms with van der Waals surface area (Å²) in [5.74, 6) is 3.48. The molecule has 0 spiro atoms. The summed E-state index contributed by atoms with van der Waals surface area (Å²) in [5, 5.41) is 19.4. The topological polar surface area (TPSA) is 101 Å². The third-order valence-corrected chi connectivity index (χ3v) is 7.42. The minimum absolute atomic E-state index is 0.00454. The van der Waals surface area contributed by atoms with Gasteiger partial charge in [-0.25, -0.2) is 4.98 Å². The number of anilines is 1. The number of terminal acetylenes is 1. The molecule has 5 rings (SSSR count). The molecule has 8 heteroatoms. The van der Waals surface area contributed by atoms with Crippen molar-refractivity contribution in [3.8, 4) is 18.4 Å². The van der Waals surface area contributed by atoms with Gasteiger partial charge in [-0.15, -0.1) is 6.42 Å². The average molecular weight is 448 g/mol. The van der Waals surface area contributed by atoms with Gasteiger partial charge in [-0.1, -0.05) is 0 Å². The predicted molar refractivity (Wildman–Crippen MR) is 121 cm³/mol. The first kappa shape index (κ1) is 21.7. The highest BCUT2D eigenvalue weighted by Gasteiger charge is 2.42. The van der Waals surface area contributed by atoms with Crippen LogP contribution in [0.2, 0.25) is 0 Å². The highest BCUT2D eigenvalue weighted by atomic mass is 16.3. The fourth-order valence-electron chi connectivity index (χ4n) is 5.39. The standard InChI is InChI=1S/C25H29N5O3/c1-2-22(32)28-9-7-18-19(13-26)25(27-24(17-5-6-17)20(18)14-28)29-10-11-30(23(33)8-12-31)21(15-29)16-3-4-16/h1,16-17,21,31H,3-12,14-15H2. The number of fused-ring (bicyclic) bond motifs is 1. The molecule has 4 aliphatic rings. The number of nitrogens with zero attached hydrogens (tertiary/aromatic N) is 5. The number of pyridine rings is 1. The van der Waals surface area contributed by atoms with Crippen molar-refractivity contribution in [2.75, 3.05) is 37.7 Å². The van der Waals surface area contributed by atoms with Gasteiger partial charge in [-0.3, -0.25) is 9.59 Å². The normalized spacial score (nSPS) is 22.4. The lowest BCUT2D eigenvalue weighted by Crippen LogP contribution is -2.56. The number of hydrogen-bond donors (Lipinski definition) is 1. The molecule has 1 aromatic rings. The number of aliphatic hydroxyl groups is 1. The van der Waals surface area contributed by atoms with Gasteiger partial charge < -0.3 is 19.8 Å². The zero-order valence-corrected chi connectivity index (χ0v) is 18.8. The van der Waals surface area contributed by atoms with Crippen molar-refractivity contribution in [1.29, 1.82) is 5.26 Å². The van der Waals surface area contributed by atoms with Crippen LogP contribution in [0.3, 0.4) is 0 Å². The van der Waals surface area contributed by atoms with Gasteiger partial charge in [-0.2, -0.15) is 5.26 Å². The van der Waals surface area contributed by atoms with E-state index in [2.05, 4.69) is 16.9 Å². The van der Waals surface area contributed by atoms with Gasteiger partial charge in [-0.05, 0) is 55.1 Å². The molecule has 2 amide bonds. The fourth-order valence-corrected chi connectivity index (χ4v) is 5.39. The number of aromatic nitrogens is 1. The van der Waals surface area contributed by atoms with Crippen molar-refractivity contribution in [3.05, 3.63) is 22.4 Å². The van der Waals surface area contributed by atoms with E-state index in [1.807, 2.05) is 4.90 Å². The first-order valence-electron chi connectivity index (χ1n) is 11.9. The van der Waals surface area contributed by atoms with Crippen molar-refractivity contribution >= 4 is 17.6 Å². The van der Waals surface area contributed by atoms with Crippen LogP contribution in [0.15, 0.2) is 0 Å². The maximum absolute atomic E-state index is 12.6. The maximum Gasteiger partial charge on any atom is 0.298 e. The van der Waals surface area contributed by atoms with Gasteiger partial charge in [0.25, 0.3) is 5.91 Å². The minimum Gasteiger partial charge on any atom is -0.396 e. The molecule has 2 saturated carbocycles. The highest BCUT2D eigenvalue weighted by Crippen LogP contribution is 2.45. The molecule has 1 saturated heterocycles. The molecule has 0 bridgehead atoms. The molecule has 8 nitrogen and oxygen atoms in total. The van der Waals surface area contributed by atoms with Gasteiger partial charge in [0.15, 0.2) is 0 Å². The van der Waals surface area contributed by atoms with Gasteiger partial charge in [0.05, 0.1) is 23.9 Å². The number of rotatable bonds is 5. The molecular weight excluding hydrogens is 418 g/mol. The summed E-state index contributed by atoms with van der Waals surface area (Å²) >= 11 is 0. The molecule has 2 aliphatic carbocycles. The van der Waals surface area contributed by atoms with Gasteiger partial charge in [0, 0.05) is 45.1 Å². The van der Waals surface area contributed by atoms with Crippen LogP contribution in [0, 0.1) is 29.6 Å². The number of carbonyl (C=O) groups excluding carboxylic acids is 2. The predicted octanol–water partition coefficient (Wildman–Crippen LogP) is 1.16. The smallest absolute Gasteiger partial charge is 0.298 e. The largest absolute Gasteiger partial charge is 0.396 e. The van der Waals surface area contributed by atoms with Crippen molar-refractivity contribution in [2.24, 2.45) is 5.92 Å². The Morgan fingerprint density at radius 2 is 1.94 bits per heavy atom. The Hall–Kier alpha value is -3.10. The monoisotopic (exact) mass is 447 g/mol. The van der Waals surface area contributed by atoms with E-state index in [4.69, 9.17) is 11.4 Å². The molecule has 0 radical (unpaired) electrons. The number of hydrogen-bond acceptors (Lipinski definition) is 6. The number of nitriles is 1. The first-order chi connectivity index (χ1) is 16.0. The average Bonchev–Trinajstić information content (AvgIpc) is 3.75. The van der Waals surface area contributed by atoms with Crippen LogP contribution in [0.5, 0.6) is 0 Å². The maximum atomic E-state index is 12.6. The van der Waals surface area contributed by atoms with Crippen LogP contribution in [-0.4, -0.2) is 70.5 Å². The summed E-state index contributed by atoms with van der Waals surface area (Å²) in [6.07, 6.45) is 10.5. The van der Waals surface area contributed by atoms with E-state index in [1.165, 1.54) is 0 Å². The summed E-state index contributed by atoms with van der Waals surface area (Å²) in [6, 6.07) is 2.51. The molecule has 0 aromatic carbocycles. The molecule has 33 heavy (non-hydrogen) atoms. The second-order valence-corrected chi connectivity index (χ2v) is 9.57. The highest BCUT2D eigenvalue weighted by molar-refractivity contribution is 5.93. The first-order valence-corrected chi connectivity index (χ1v) is 11.9. The third kappa shape index (κ3) is 4.05. The summed E-state index contributed by atoms with van der Waals surface area (Å²) in [6.45, 7) is 2.64. The molecule has 1 N–H and O–H groups in total. The number of amides is 2. The summed E-state index contributed by atoms with van der Waals surface area (Å²) in [5.41, 5.74) is 3.62. The lowest BCUT2D eigenvalue weighted by Gasteiger charge is -2.43. The molecule has 172 valence electrons. The lowest BCUT2D eigenvalue weighted by atomic mass is 9.92. The van der Waals surface area contributed by atoms with E-state index < -0.39 is 0 Å². The van der Waals surface area contributed by atoms with Crippen LogP contribution in [0.4, 0.5) is 5.82 Å². The van der Waals surface area contributed by atoms with Gasteiger partial charge in [0.1, 0.15) is 11.9 Å². The van der Waals surface area contributed by atoms with E-state index in [9.17, 15) is 20.0 Å². The Morgan fingerprint density at radius 1 is 1.15 bits per heavy atom. The molecule has 1 unspecified atom stereocenters. The molecule has 3 fully saturated rings. The second kappa shape index (κ2) is 8.68. The Bertz CT molecular complexity index is 1060. The quantitative estimate of drug-likeness (QED) is 0.680. The fraction of sp³-hybridized carbons (Fsp3) is 0.600. The van der Waals surface area contributed by atoms with E-state index in [0.717, 1.165) is 48.3 Å². The molecule has 3 heterocycles. The zero-order chi connectivity index (χ0) is 23.1. The van der Waals surface area contributed by atoms with Crippen LogP contribution in [0.25, 0.3) is 0 Å². The van der Waals surface area contributed by atoms with Crippen molar-refractivity contribution in [2.45, 2.75) is 57.0 Å². The van der Waals surface area contributed by atoms with Crippen LogP contribution in [0.1, 0.15) is 60.4 Å². The van der Waals surface area contributed by atoms with E-state index in [0.29, 0.717) is 56.5 Å².